The van der Waals surface area contributed by atoms with Crippen molar-refractivity contribution in [1.29, 1.82) is 0 Å². The molecule has 4 aromatic rings. The predicted molar refractivity (Wildman–Crippen MR) is 139 cm³/mol. The summed E-state index contributed by atoms with van der Waals surface area (Å²) in [5.41, 5.74) is 2.36. The van der Waals surface area contributed by atoms with E-state index in [4.69, 9.17) is 14.2 Å². The number of hydrogen-bond donors (Lipinski definition) is 1. The first kappa shape index (κ1) is 24.3. The summed E-state index contributed by atoms with van der Waals surface area (Å²) in [6.45, 7) is 2.30. The van der Waals surface area contributed by atoms with Gasteiger partial charge in [-0.1, -0.05) is 35.6 Å². The third-order valence-electron chi connectivity index (χ3n) is 6.12. The molecule has 1 aromatic heterocycles. The zero-order chi connectivity index (χ0) is 26.1. The van der Waals surface area contributed by atoms with Gasteiger partial charge in [0.25, 0.3) is 5.78 Å². The SMILES string of the molecule is CCOc1ccc(C2/C(=C(\O)c3ccc4cc(OC)ccc4c3)C(=O)C(=O)N2c2nncs2)cc1OC. The molecule has 5 rings (SSSR count). The zero-order valence-corrected chi connectivity index (χ0v) is 21.1. The highest BCUT2D eigenvalue weighted by atomic mass is 32.1. The minimum atomic E-state index is -0.955. The van der Waals surface area contributed by atoms with Crippen LogP contribution in [0, 0.1) is 0 Å². The number of carbonyl (C=O) groups excluding carboxylic acids is 2. The fourth-order valence-electron chi connectivity index (χ4n) is 4.40. The lowest BCUT2D eigenvalue weighted by molar-refractivity contribution is -0.132. The molecule has 1 saturated heterocycles. The van der Waals surface area contributed by atoms with Gasteiger partial charge in [-0.3, -0.25) is 14.5 Å². The summed E-state index contributed by atoms with van der Waals surface area (Å²) >= 11 is 1.12. The maximum atomic E-state index is 13.4. The monoisotopic (exact) mass is 517 g/mol. The average molecular weight is 518 g/mol. The van der Waals surface area contributed by atoms with Gasteiger partial charge in [-0.2, -0.15) is 0 Å². The summed E-state index contributed by atoms with van der Waals surface area (Å²) in [5.74, 6) is -0.256. The molecule has 9 nitrogen and oxygen atoms in total. The van der Waals surface area contributed by atoms with Gasteiger partial charge in [0.2, 0.25) is 5.13 Å². The van der Waals surface area contributed by atoms with Crippen molar-refractivity contribution in [2.75, 3.05) is 25.7 Å². The van der Waals surface area contributed by atoms with Gasteiger partial charge in [0, 0.05) is 5.56 Å². The van der Waals surface area contributed by atoms with Crippen LogP contribution >= 0.6 is 11.3 Å². The molecule has 10 heteroatoms. The number of fused-ring (bicyclic) bond motifs is 1. The van der Waals surface area contributed by atoms with E-state index in [1.54, 1.807) is 37.4 Å². The van der Waals surface area contributed by atoms with Crippen LogP contribution in [-0.4, -0.2) is 47.8 Å². The number of nitrogens with zero attached hydrogens (tertiary/aromatic N) is 3. The van der Waals surface area contributed by atoms with Crippen LogP contribution in [0.1, 0.15) is 24.1 Å². The van der Waals surface area contributed by atoms with Gasteiger partial charge in [0.15, 0.2) is 11.5 Å². The predicted octanol–water partition coefficient (Wildman–Crippen LogP) is 4.73. The molecule has 1 unspecified atom stereocenters. The number of amides is 1. The number of benzene rings is 3. The van der Waals surface area contributed by atoms with Crippen molar-refractivity contribution in [2.24, 2.45) is 0 Å². The number of Topliss-reactive ketones (excluding diaryl/α,β-unsaturated/α-hetero) is 1. The number of carbonyl (C=O) groups is 2. The van der Waals surface area contributed by atoms with E-state index in [2.05, 4.69) is 10.2 Å². The number of hydrogen-bond acceptors (Lipinski definition) is 9. The average Bonchev–Trinajstić information content (AvgIpc) is 3.54. The second-order valence-corrected chi connectivity index (χ2v) is 8.97. The Labute approximate surface area is 216 Å². The fraction of sp³-hybridized carbons (Fsp3) is 0.185. The van der Waals surface area contributed by atoms with E-state index in [-0.39, 0.29) is 16.5 Å². The second-order valence-electron chi connectivity index (χ2n) is 8.16. The molecule has 1 N–H and O–H groups in total. The first-order chi connectivity index (χ1) is 18.0. The van der Waals surface area contributed by atoms with Crippen molar-refractivity contribution in [3.63, 3.8) is 0 Å². The molecule has 0 bridgehead atoms. The van der Waals surface area contributed by atoms with Gasteiger partial charge >= 0.3 is 5.91 Å². The number of aliphatic hydroxyl groups is 1. The van der Waals surface area contributed by atoms with Crippen LogP contribution in [-0.2, 0) is 9.59 Å². The van der Waals surface area contributed by atoms with Crippen molar-refractivity contribution >= 4 is 44.7 Å². The van der Waals surface area contributed by atoms with Crippen molar-refractivity contribution in [3.8, 4) is 17.2 Å². The molecular formula is C27H23N3O6S. The Kier molecular flexibility index (Phi) is 6.49. The van der Waals surface area contributed by atoms with Crippen molar-refractivity contribution in [2.45, 2.75) is 13.0 Å². The van der Waals surface area contributed by atoms with Gasteiger partial charge in [-0.25, -0.2) is 0 Å². The van der Waals surface area contributed by atoms with E-state index in [1.165, 1.54) is 17.5 Å². The molecule has 188 valence electrons. The Morgan fingerprint density at radius 2 is 1.78 bits per heavy atom. The number of aliphatic hydroxyl groups excluding tert-OH is 1. The molecule has 0 aliphatic carbocycles. The normalized spacial score (nSPS) is 16.8. The molecule has 0 saturated carbocycles. The highest BCUT2D eigenvalue weighted by Crippen LogP contribution is 2.44. The molecular weight excluding hydrogens is 494 g/mol. The molecule has 0 radical (unpaired) electrons. The van der Waals surface area contributed by atoms with Crippen molar-refractivity contribution < 1.29 is 28.9 Å². The molecule has 1 fully saturated rings. The Hall–Kier alpha value is -4.44. The number of anilines is 1. The van der Waals surface area contributed by atoms with Crippen LogP contribution in [0.25, 0.3) is 16.5 Å². The van der Waals surface area contributed by atoms with E-state index in [9.17, 15) is 14.7 Å². The molecule has 2 heterocycles. The highest BCUT2D eigenvalue weighted by Gasteiger charge is 2.48. The van der Waals surface area contributed by atoms with Crippen LogP contribution in [0.2, 0.25) is 0 Å². The van der Waals surface area contributed by atoms with Gasteiger partial charge in [0.1, 0.15) is 17.0 Å². The van der Waals surface area contributed by atoms with Crippen molar-refractivity contribution in [3.05, 3.63) is 76.8 Å². The minimum Gasteiger partial charge on any atom is -0.507 e. The molecule has 1 aliphatic heterocycles. The minimum absolute atomic E-state index is 0.0562. The summed E-state index contributed by atoms with van der Waals surface area (Å²) in [6, 6.07) is 15.0. The fourth-order valence-corrected chi connectivity index (χ4v) is 4.98. The topological polar surface area (TPSA) is 111 Å². The van der Waals surface area contributed by atoms with E-state index in [1.807, 2.05) is 31.2 Å². The largest absolute Gasteiger partial charge is 0.507 e. The Morgan fingerprint density at radius 1 is 1.00 bits per heavy atom. The molecule has 1 atom stereocenters. The number of ketones is 1. The highest BCUT2D eigenvalue weighted by molar-refractivity contribution is 7.13. The number of ether oxygens (including phenoxy) is 3. The Bertz CT molecular complexity index is 1530. The summed E-state index contributed by atoms with van der Waals surface area (Å²) < 4.78 is 16.4. The van der Waals surface area contributed by atoms with Crippen molar-refractivity contribution in [1.82, 2.24) is 10.2 Å². The zero-order valence-electron chi connectivity index (χ0n) is 20.3. The van der Waals surface area contributed by atoms with Gasteiger partial charge in [-0.05, 0) is 53.6 Å². The summed E-state index contributed by atoms with van der Waals surface area (Å²) in [4.78, 5) is 27.9. The maximum absolute atomic E-state index is 13.4. The number of aromatic nitrogens is 2. The van der Waals surface area contributed by atoms with Crippen LogP contribution in [0.3, 0.4) is 0 Å². The van der Waals surface area contributed by atoms with Gasteiger partial charge in [-0.15, -0.1) is 10.2 Å². The maximum Gasteiger partial charge on any atom is 0.301 e. The molecule has 0 spiro atoms. The lowest BCUT2D eigenvalue weighted by Gasteiger charge is -2.23. The number of rotatable bonds is 7. The van der Waals surface area contributed by atoms with Gasteiger partial charge in [0.05, 0.1) is 32.4 Å². The van der Waals surface area contributed by atoms with Gasteiger partial charge < -0.3 is 19.3 Å². The third kappa shape index (κ3) is 4.25. The summed E-state index contributed by atoms with van der Waals surface area (Å²) in [7, 11) is 3.10. The Balaban J connectivity index is 1.69. The standard InChI is InChI=1S/C27H23N3O6S/c1-4-36-20-10-8-17(13-21(20)35-3)23-22(25(32)26(33)30(23)27-29-28-14-37-27)24(31)18-6-5-16-12-19(34-2)9-7-15(16)11-18/h5-14,23,31H,4H2,1-3H3/b24-22+. The van der Waals surface area contributed by atoms with E-state index < -0.39 is 17.7 Å². The number of methoxy groups -OCH3 is 2. The van der Waals surface area contributed by atoms with E-state index >= 15 is 0 Å². The molecule has 37 heavy (non-hydrogen) atoms. The van der Waals surface area contributed by atoms with Crippen LogP contribution in [0.15, 0.2) is 65.7 Å². The lowest BCUT2D eigenvalue weighted by atomic mass is 9.94. The molecule has 1 aliphatic rings. The smallest absolute Gasteiger partial charge is 0.301 e. The first-order valence-electron chi connectivity index (χ1n) is 11.4. The van der Waals surface area contributed by atoms with Crippen LogP contribution in [0.4, 0.5) is 5.13 Å². The van der Waals surface area contributed by atoms with Crippen LogP contribution < -0.4 is 19.1 Å². The summed E-state index contributed by atoms with van der Waals surface area (Å²) in [5, 5.41) is 21.3. The second kappa shape index (κ2) is 9.90. The molecule has 1 amide bonds. The third-order valence-corrected chi connectivity index (χ3v) is 6.81. The Morgan fingerprint density at radius 3 is 2.49 bits per heavy atom. The quantitative estimate of drug-likeness (QED) is 0.213. The van der Waals surface area contributed by atoms with Crippen LogP contribution in [0.5, 0.6) is 17.2 Å². The first-order valence-corrected chi connectivity index (χ1v) is 12.3. The van der Waals surface area contributed by atoms with E-state index in [0.29, 0.717) is 35.0 Å². The summed E-state index contributed by atoms with van der Waals surface area (Å²) in [6.07, 6.45) is 0. The molecule has 3 aromatic carbocycles. The lowest BCUT2D eigenvalue weighted by Crippen LogP contribution is -2.29. The van der Waals surface area contributed by atoms with E-state index in [0.717, 1.165) is 22.1 Å².